The number of hydrogen-bond acceptors (Lipinski definition) is 6. The molecule has 0 bridgehead atoms. The first-order valence-electron chi connectivity index (χ1n) is 8.63. The van der Waals surface area contributed by atoms with Crippen molar-refractivity contribution >= 4 is 22.8 Å². The number of fused-ring (bicyclic) bond motifs is 2. The van der Waals surface area contributed by atoms with Crippen molar-refractivity contribution in [1.29, 1.82) is 0 Å². The molecule has 3 unspecified atom stereocenters. The molecule has 2 fully saturated rings. The summed E-state index contributed by atoms with van der Waals surface area (Å²) in [5, 5.41) is 21.9. The van der Waals surface area contributed by atoms with Gasteiger partial charge in [-0.3, -0.25) is 4.79 Å². The molecular formula is C17H25N5O3. The highest BCUT2D eigenvalue weighted by molar-refractivity contribution is 5.86. The van der Waals surface area contributed by atoms with Gasteiger partial charge >= 0.3 is 0 Å². The highest BCUT2D eigenvalue weighted by Gasteiger charge is 2.43. The number of aromatic nitrogens is 3. The Morgan fingerprint density at radius 1 is 1.36 bits per heavy atom. The smallest absolute Gasteiger partial charge is 0.248 e. The van der Waals surface area contributed by atoms with Crippen molar-refractivity contribution < 1.29 is 15.0 Å². The van der Waals surface area contributed by atoms with Crippen LogP contribution < -0.4 is 5.32 Å². The first-order chi connectivity index (χ1) is 12.2. The third-order valence-electron chi connectivity index (χ3n) is 5.32. The van der Waals surface area contributed by atoms with Gasteiger partial charge < -0.3 is 25.4 Å². The minimum absolute atomic E-state index is 0.170. The molecule has 2 aliphatic rings. The second-order valence-corrected chi connectivity index (χ2v) is 6.61. The summed E-state index contributed by atoms with van der Waals surface area (Å²) in [6.07, 6.45) is 5.59. The Balaban J connectivity index is 0.000000150. The number of carbonyl (C=O) groups excluding carboxylic acids is 1. The standard InChI is InChI=1S/C10H17NO3.C7H8N4/c12-5-8-2-1-7-3-11(4-9(7)8)10(14)6-13;1-8-6-5-2-3-9-7(5)11-4-10-6/h7-9,12-13H,1-6H2;2-4H,1H3,(H2,8,9,10,11). The Bertz CT molecular complexity index is 719. The van der Waals surface area contributed by atoms with Gasteiger partial charge in [-0.25, -0.2) is 9.97 Å². The van der Waals surface area contributed by atoms with Gasteiger partial charge in [0.25, 0.3) is 0 Å². The van der Waals surface area contributed by atoms with E-state index in [4.69, 9.17) is 10.2 Å². The Morgan fingerprint density at radius 3 is 2.92 bits per heavy atom. The number of aliphatic hydroxyl groups excluding tert-OH is 2. The highest BCUT2D eigenvalue weighted by atomic mass is 16.3. The van der Waals surface area contributed by atoms with Gasteiger partial charge in [-0.1, -0.05) is 0 Å². The fraction of sp³-hybridized carbons (Fsp3) is 0.588. The summed E-state index contributed by atoms with van der Waals surface area (Å²) in [6.45, 7) is 1.36. The number of nitrogens with zero attached hydrogens (tertiary/aromatic N) is 3. The fourth-order valence-corrected chi connectivity index (χ4v) is 3.98. The number of amides is 1. The first kappa shape index (κ1) is 17.6. The molecule has 8 heteroatoms. The molecule has 0 aromatic carbocycles. The summed E-state index contributed by atoms with van der Waals surface area (Å²) >= 11 is 0. The van der Waals surface area contributed by atoms with E-state index in [0.29, 0.717) is 17.8 Å². The summed E-state index contributed by atoms with van der Waals surface area (Å²) in [4.78, 5) is 24.1. The average molecular weight is 347 g/mol. The van der Waals surface area contributed by atoms with Crippen LogP contribution in [0.5, 0.6) is 0 Å². The van der Waals surface area contributed by atoms with Crippen LogP contribution in [0.4, 0.5) is 5.82 Å². The molecule has 3 atom stereocenters. The van der Waals surface area contributed by atoms with Gasteiger partial charge in [0.2, 0.25) is 5.91 Å². The number of hydrogen-bond donors (Lipinski definition) is 4. The summed E-state index contributed by atoms with van der Waals surface area (Å²) in [5.41, 5.74) is 0.865. The quantitative estimate of drug-likeness (QED) is 0.641. The predicted octanol–water partition coefficient (Wildman–Crippen LogP) is 0.455. The van der Waals surface area contributed by atoms with Crippen LogP contribution in [-0.4, -0.2) is 69.3 Å². The Kier molecular flexibility index (Phi) is 5.50. The van der Waals surface area contributed by atoms with Crippen LogP contribution in [0.3, 0.4) is 0 Å². The minimum Gasteiger partial charge on any atom is -0.396 e. The number of aliphatic hydroxyl groups is 2. The van der Waals surface area contributed by atoms with E-state index in [-0.39, 0.29) is 19.1 Å². The van der Waals surface area contributed by atoms with Crippen molar-refractivity contribution in [3.63, 3.8) is 0 Å². The molecule has 0 spiro atoms. The van der Waals surface area contributed by atoms with E-state index >= 15 is 0 Å². The maximum absolute atomic E-state index is 11.3. The third kappa shape index (κ3) is 3.59. The van der Waals surface area contributed by atoms with Gasteiger partial charge in [0, 0.05) is 32.9 Å². The summed E-state index contributed by atoms with van der Waals surface area (Å²) in [6, 6.07) is 1.95. The van der Waals surface area contributed by atoms with Crippen LogP contribution >= 0.6 is 0 Å². The lowest BCUT2D eigenvalue weighted by atomic mass is 9.93. The van der Waals surface area contributed by atoms with Gasteiger partial charge in [0.1, 0.15) is 24.4 Å². The van der Waals surface area contributed by atoms with Crippen molar-refractivity contribution in [1.82, 2.24) is 19.9 Å². The van der Waals surface area contributed by atoms with Crippen LogP contribution in [0.1, 0.15) is 12.8 Å². The number of anilines is 1. The SMILES string of the molecule is CNc1ncnc2[nH]ccc12.O=C(CO)N1CC2CCC(CO)C2C1. The molecule has 1 aliphatic carbocycles. The highest BCUT2D eigenvalue weighted by Crippen LogP contribution is 2.41. The van der Waals surface area contributed by atoms with Crippen LogP contribution in [0.2, 0.25) is 0 Å². The molecule has 2 aromatic rings. The molecule has 25 heavy (non-hydrogen) atoms. The van der Waals surface area contributed by atoms with Gasteiger partial charge in [-0.15, -0.1) is 0 Å². The molecule has 4 N–H and O–H groups in total. The van der Waals surface area contributed by atoms with Gasteiger partial charge in [-0.2, -0.15) is 0 Å². The lowest BCUT2D eigenvalue weighted by molar-refractivity contribution is -0.133. The van der Waals surface area contributed by atoms with Crippen molar-refractivity contribution in [3.8, 4) is 0 Å². The Morgan fingerprint density at radius 2 is 2.20 bits per heavy atom. The van der Waals surface area contributed by atoms with Crippen LogP contribution in [0.25, 0.3) is 11.0 Å². The zero-order valence-corrected chi connectivity index (χ0v) is 14.4. The normalized spacial score (nSPS) is 24.8. The maximum atomic E-state index is 11.3. The molecule has 8 nitrogen and oxygen atoms in total. The predicted molar refractivity (Wildman–Crippen MR) is 93.9 cm³/mol. The zero-order valence-electron chi connectivity index (χ0n) is 14.4. The molecular weight excluding hydrogens is 322 g/mol. The van der Waals surface area contributed by atoms with E-state index in [1.807, 2.05) is 19.3 Å². The monoisotopic (exact) mass is 347 g/mol. The Hall–Kier alpha value is -2.19. The number of rotatable bonds is 3. The van der Waals surface area contributed by atoms with Crippen LogP contribution in [0.15, 0.2) is 18.6 Å². The number of likely N-dealkylation sites (tertiary alicyclic amines) is 1. The van der Waals surface area contributed by atoms with Crippen LogP contribution in [-0.2, 0) is 4.79 Å². The second-order valence-electron chi connectivity index (χ2n) is 6.61. The first-order valence-corrected chi connectivity index (χ1v) is 8.63. The molecule has 0 radical (unpaired) electrons. The second kappa shape index (κ2) is 7.79. The van der Waals surface area contributed by atoms with Gasteiger partial charge in [-0.05, 0) is 36.7 Å². The minimum atomic E-state index is -0.386. The van der Waals surface area contributed by atoms with Crippen molar-refractivity contribution in [3.05, 3.63) is 18.6 Å². The van der Waals surface area contributed by atoms with Gasteiger partial charge in [0.05, 0.1) is 5.39 Å². The average Bonchev–Trinajstić information content (AvgIpc) is 3.35. The molecule has 136 valence electrons. The summed E-state index contributed by atoms with van der Waals surface area (Å²) in [5.74, 6) is 2.09. The fourth-order valence-electron chi connectivity index (χ4n) is 3.98. The summed E-state index contributed by atoms with van der Waals surface area (Å²) < 4.78 is 0. The summed E-state index contributed by atoms with van der Waals surface area (Å²) in [7, 11) is 1.84. The van der Waals surface area contributed by atoms with E-state index in [2.05, 4.69) is 20.3 Å². The van der Waals surface area contributed by atoms with Crippen LogP contribution in [0, 0.1) is 17.8 Å². The van der Waals surface area contributed by atoms with E-state index in [9.17, 15) is 4.79 Å². The molecule has 1 saturated carbocycles. The Labute approximate surface area is 146 Å². The van der Waals surface area contributed by atoms with E-state index < -0.39 is 0 Å². The largest absolute Gasteiger partial charge is 0.396 e. The van der Waals surface area contributed by atoms with Crippen molar-refractivity contribution in [2.24, 2.45) is 17.8 Å². The van der Waals surface area contributed by atoms with Crippen molar-refractivity contribution in [2.45, 2.75) is 12.8 Å². The maximum Gasteiger partial charge on any atom is 0.248 e. The molecule has 1 aliphatic heterocycles. The molecule has 4 rings (SSSR count). The number of H-pyrrole nitrogens is 1. The van der Waals surface area contributed by atoms with Gasteiger partial charge in [0.15, 0.2) is 0 Å². The number of aromatic amines is 1. The molecule has 1 saturated heterocycles. The molecule has 3 heterocycles. The van der Waals surface area contributed by atoms with E-state index in [1.165, 1.54) is 6.33 Å². The van der Waals surface area contributed by atoms with E-state index in [1.54, 1.807) is 4.90 Å². The number of carbonyl (C=O) groups is 1. The lowest BCUT2D eigenvalue weighted by Crippen LogP contribution is -2.32. The van der Waals surface area contributed by atoms with Crippen molar-refractivity contribution in [2.75, 3.05) is 38.7 Å². The molecule has 2 aromatic heterocycles. The van der Waals surface area contributed by atoms with E-state index in [0.717, 1.165) is 42.8 Å². The topological polar surface area (TPSA) is 114 Å². The lowest BCUT2D eigenvalue weighted by Gasteiger charge is -2.18. The number of nitrogens with one attached hydrogen (secondary N) is 2. The third-order valence-corrected chi connectivity index (χ3v) is 5.32. The zero-order chi connectivity index (χ0) is 17.8. The molecule has 1 amide bonds.